The van der Waals surface area contributed by atoms with E-state index in [2.05, 4.69) is 0 Å². The lowest BCUT2D eigenvalue weighted by Gasteiger charge is -2.12. The Morgan fingerprint density at radius 1 is 1.50 bits per heavy atom. The molecule has 1 fully saturated rings. The van der Waals surface area contributed by atoms with Crippen LogP contribution in [-0.2, 0) is 9.53 Å². The van der Waals surface area contributed by atoms with E-state index in [1.807, 2.05) is 13.8 Å². The molecule has 1 saturated carbocycles. The van der Waals surface area contributed by atoms with Gasteiger partial charge in [-0.2, -0.15) is 0 Å². The zero-order valence-corrected chi connectivity index (χ0v) is 7.75. The molecule has 1 aliphatic carbocycles. The normalized spacial score (nSPS) is 29.3. The predicted octanol–water partition coefficient (Wildman–Crippen LogP) is 1.07. The third-order valence-electron chi connectivity index (χ3n) is 2.16. The molecule has 0 aromatic carbocycles. The maximum Gasteiger partial charge on any atom is 0.309 e. The molecule has 3 nitrogen and oxygen atoms in total. The first-order valence-corrected chi connectivity index (χ1v) is 4.55. The van der Waals surface area contributed by atoms with E-state index in [9.17, 15) is 4.79 Å². The summed E-state index contributed by atoms with van der Waals surface area (Å²) < 4.78 is 5.09. The van der Waals surface area contributed by atoms with Crippen molar-refractivity contribution in [3.63, 3.8) is 0 Å². The van der Waals surface area contributed by atoms with Gasteiger partial charge >= 0.3 is 5.97 Å². The second-order valence-electron chi connectivity index (χ2n) is 3.76. The fourth-order valence-electron chi connectivity index (χ4n) is 1.56. The maximum absolute atomic E-state index is 11.3. The van der Waals surface area contributed by atoms with Gasteiger partial charge in [0.1, 0.15) is 0 Å². The Kier molecular flexibility index (Phi) is 3.09. The minimum absolute atomic E-state index is 0.00526. The lowest BCUT2D eigenvalue weighted by Crippen LogP contribution is -2.21. The van der Waals surface area contributed by atoms with Crippen molar-refractivity contribution in [3.05, 3.63) is 0 Å². The first kappa shape index (κ1) is 9.52. The van der Waals surface area contributed by atoms with Crippen molar-refractivity contribution in [2.45, 2.75) is 45.3 Å². The predicted molar refractivity (Wildman–Crippen MR) is 46.5 cm³/mol. The Balaban J connectivity index is 2.33. The van der Waals surface area contributed by atoms with Gasteiger partial charge in [0, 0.05) is 6.04 Å². The number of carbonyl (C=O) groups is 1. The summed E-state index contributed by atoms with van der Waals surface area (Å²) in [4.78, 5) is 11.3. The zero-order chi connectivity index (χ0) is 9.14. The molecule has 0 heterocycles. The SMILES string of the molecule is CC(C)OC(=O)C1CCC(N)C1. The van der Waals surface area contributed by atoms with Crippen LogP contribution >= 0.6 is 0 Å². The Morgan fingerprint density at radius 3 is 2.58 bits per heavy atom. The molecule has 0 aromatic heterocycles. The number of rotatable bonds is 2. The van der Waals surface area contributed by atoms with Gasteiger partial charge in [-0.15, -0.1) is 0 Å². The standard InChI is InChI=1S/C9H17NO2/c1-6(2)12-9(11)7-3-4-8(10)5-7/h6-8H,3-5,10H2,1-2H3. The highest BCUT2D eigenvalue weighted by Crippen LogP contribution is 2.25. The van der Waals surface area contributed by atoms with Gasteiger partial charge in [0.2, 0.25) is 0 Å². The molecule has 2 N–H and O–H groups in total. The quantitative estimate of drug-likeness (QED) is 0.632. The Labute approximate surface area is 73.3 Å². The van der Waals surface area contributed by atoms with Crippen LogP contribution < -0.4 is 5.73 Å². The Bertz CT molecular complexity index is 168. The first-order chi connectivity index (χ1) is 5.59. The van der Waals surface area contributed by atoms with Gasteiger partial charge in [-0.1, -0.05) is 0 Å². The van der Waals surface area contributed by atoms with Gasteiger partial charge in [0.05, 0.1) is 12.0 Å². The molecular formula is C9H17NO2. The minimum Gasteiger partial charge on any atom is -0.463 e. The fraction of sp³-hybridized carbons (Fsp3) is 0.889. The smallest absolute Gasteiger partial charge is 0.309 e. The summed E-state index contributed by atoms with van der Waals surface area (Å²) >= 11 is 0. The molecule has 0 saturated heterocycles. The van der Waals surface area contributed by atoms with Crippen molar-refractivity contribution in [2.24, 2.45) is 11.7 Å². The summed E-state index contributed by atoms with van der Waals surface area (Å²) in [6.45, 7) is 3.74. The lowest BCUT2D eigenvalue weighted by molar-refractivity contribution is -0.152. The summed E-state index contributed by atoms with van der Waals surface area (Å²) in [5, 5.41) is 0. The number of nitrogens with two attached hydrogens (primary N) is 1. The van der Waals surface area contributed by atoms with Gasteiger partial charge in [0.25, 0.3) is 0 Å². The molecule has 3 heteroatoms. The molecule has 0 amide bonds. The third-order valence-corrected chi connectivity index (χ3v) is 2.16. The van der Waals surface area contributed by atoms with Crippen LogP contribution in [0.25, 0.3) is 0 Å². The van der Waals surface area contributed by atoms with Crippen molar-refractivity contribution in [2.75, 3.05) is 0 Å². The highest BCUT2D eigenvalue weighted by Gasteiger charge is 2.29. The van der Waals surface area contributed by atoms with Crippen molar-refractivity contribution in [1.29, 1.82) is 0 Å². The highest BCUT2D eigenvalue weighted by molar-refractivity contribution is 5.73. The van der Waals surface area contributed by atoms with Gasteiger partial charge in [0.15, 0.2) is 0 Å². The molecular weight excluding hydrogens is 154 g/mol. The van der Waals surface area contributed by atoms with E-state index in [0.29, 0.717) is 0 Å². The average Bonchev–Trinajstić information content (AvgIpc) is 2.34. The average molecular weight is 171 g/mol. The molecule has 0 spiro atoms. The Hall–Kier alpha value is -0.570. The molecule has 1 aliphatic rings. The van der Waals surface area contributed by atoms with Gasteiger partial charge in [-0.25, -0.2) is 0 Å². The van der Waals surface area contributed by atoms with E-state index in [1.165, 1.54) is 0 Å². The zero-order valence-electron chi connectivity index (χ0n) is 7.75. The van der Waals surface area contributed by atoms with Crippen molar-refractivity contribution in [1.82, 2.24) is 0 Å². The van der Waals surface area contributed by atoms with Crippen molar-refractivity contribution < 1.29 is 9.53 Å². The molecule has 12 heavy (non-hydrogen) atoms. The number of hydrogen-bond acceptors (Lipinski definition) is 3. The van der Waals surface area contributed by atoms with Crippen LogP contribution in [-0.4, -0.2) is 18.1 Å². The van der Waals surface area contributed by atoms with Crippen LogP contribution in [0.15, 0.2) is 0 Å². The van der Waals surface area contributed by atoms with E-state index in [1.54, 1.807) is 0 Å². The van der Waals surface area contributed by atoms with Crippen molar-refractivity contribution in [3.8, 4) is 0 Å². The second kappa shape index (κ2) is 3.90. The van der Waals surface area contributed by atoms with E-state index in [-0.39, 0.29) is 24.0 Å². The summed E-state index contributed by atoms with van der Waals surface area (Å²) in [6, 6.07) is 0.203. The van der Waals surface area contributed by atoms with Crippen LogP contribution in [0.1, 0.15) is 33.1 Å². The molecule has 70 valence electrons. The van der Waals surface area contributed by atoms with E-state index in [4.69, 9.17) is 10.5 Å². The Morgan fingerprint density at radius 2 is 2.17 bits per heavy atom. The largest absolute Gasteiger partial charge is 0.463 e. The molecule has 1 rings (SSSR count). The third kappa shape index (κ3) is 2.48. The highest BCUT2D eigenvalue weighted by atomic mass is 16.5. The lowest BCUT2D eigenvalue weighted by atomic mass is 10.1. The summed E-state index contributed by atoms with van der Waals surface area (Å²) in [6.07, 6.45) is 2.64. The molecule has 0 aromatic rings. The first-order valence-electron chi connectivity index (χ1n) is 4.55. The maximum atomic E-state index is 11.3. The number of carbonyl (C=O) groups excluding carboxylic acids is 1. The second-order valence-corrected chi connectivity index (χ2v) is 3.76. The van der Waals surface area contributed by atoms with Gasteiger partial charge < -0.3 is 10.5 Å². The number of esters is 1. The molecule has 2 unspecified atom stereocenters. The van der Waals surface area contributed by atoms with E-state index < -0.39 is 0 Å². The van der Waals surface area contributed by atoms with E-state index in [0.717, 1.165) is 19.3 Å². The van der Waals surface area contributed by atoms with Crippen molar-refractivity contribution >= 4 is 5.97 Å². The molecule has 0 aliphatic heterocycles. The summed E-state index contributed by atoms with van der Waals surface area (Å²) in [5.41, 5.74) is 5.69. The van der Waals surface area contributed by atoms with E-state index >= 15 is 0 Å². The topological polar surface area (TPSA) is 52.3 Å². The monoisotopic (exact) mass is 171 g/mol. The van der Waals surface area contributed by atoms with Gasteiger partial charge in [-0.05, 0) is 33.1 Å². The minimum atomic E-state index is -0.0713. The molecule has 0 radical (unpaired) electrons. The molecule has 2 atom stereocenters. The van der Waals surface area contributed by atoms with Gasteiger partial charge in [-0.3, -0.25) is 4.79 Å². The number of hydrogen-bond donors (Lipinski definition) is 1. The fourth-order valence-corrected chi connectivity index (χ4v) is 1.56. The van der Waals surface area contributed by atoms with Crippen LogP contribution in [0.4, 0.5) is 0 Å². The summed E-state index contributed by atoms with van der Waals surface area (Å²) in [7, 11) is 0. The van der Waals surface area contributed by atoms with Crippen LogP contribution in [0.3, 0.4) is 0 Å². The van der Waals surface area contributed by atoms with Crippen LogP contribution in [0.2, 0.25) is 0 Å². The van der Waals surface area contributed by atoms with Crippen LogP contribution in [0, 0.1) is 5.92 Å². The molecule has 0 bridgehead atoms. The summed E-state index contributed by atoms with van der Waals surface area (Å²) in [5.74, 6) is -0.0136. The number of ether oxygens (including phenoxy) is 1. The van der Waals surface area contributed by atoms with Crippen LogP contribution in [0.5, 0.6) is 0 Å².